The molecular formula is C26H24F8N2O5S2. The first kappa shape index (κ1) is 31.5. The molecule has 5 rings (SSSR count). The average molecular weight is 661 g/mol. The fourth-order valence-corrected chi connectivity index (χ4v) is 10.0. The molecule has 2 atom stereocenters. The summed E-state index contributed by atoms with van der Waals surface area (Å²) in [5.41, 5.74) is -8.05. The van der Waals surface area contributed by atoms with Crippen LogP contribution in [0.4, 0.5) is 35.1 Å². The van der Waals surface area contributed by atoms with Crippen molar-refractivity contribution in [2.75, 3.05) is 24.7 Å². The number of fused-ring (bicyclic) bond motifs is 3. The van der Waals surface area contributed by atoms with E-state index in [9.17, 15) is 52.5 Å². The van der Waals surface area contributed by atoms with E-state index >= 15 is 0 Å². The molecule has 43 heavy (non-hydrogen) atoms. The van der Waals surface area contributed by atoms with E-state index in [1.165, 1.54) is 4.90 Å². The summed E-state index contributed by atoms with van der Waals surface area (Å²) in [5.74, 6) is -2.86. The molecule has 2 fully saturated rings. The maximum absolute atomic E-state index is 14.9. The van der Waals surface area contributed by atoms with Crippen LogP contribution in [0.3, 0.4) is 0 Å². The van der Waals surface area contributed by atoms with E-state index in [-0.39, 0.29) is 55.0 Å². The number of ether oxygens (including phenoxy) is 1. The Kier molecular flexibility index (Phi) is 7.35. The molecule has 0 bridgehead atoms. The number of nitrogens with one attached hydrogen (secondary N) is 1. The standard InChI is InChI=1S/C26H24F8N2O5S2/c27-17-2-4-18(5-3-17)43(39,40)23-9-10-36(22(37)15-7-11-42(35,38)12-8-15)21(23)14-41-20-13-16(1-6-19(20)23)24(28,25(29,30)31)26(32,33)34/h1-6,13,15,21,35H,7-12,14H2. The van der Waals surface area contributed by atoms with Crippen LogP contribution in [0.1, 0.15) is 30.4 Å². The molecule has 0 saturated carbocycles. The fraction of sp³-hybridized carbons (Fsp3) is 0.500. The van der Waals surface area contributed by atoms with Gasteiger partial charge in [0.15, 0.2) is 9.84 Å². The lowest BCUT2D eigenvalue weighted by Gasteiger charge is -2.43. The van der Waals surface area contributed by atoms with Gasteiger partial charge in [-0.3, -0.25) is 9.57 Å². The Morgan fingerprint density at radius 3 is 2.12 bits per heavy atom. The Labute approximate surface area is 241 Å². The third-order valence-electron chi connectivity index (χ3n) is 8.48. The van der Waals surface area contributed by atoms with E-state index in [1.807, 2.05) is 0 Å². The van der Waals surface area contributed by atoms with E-state index in [2.05, 4.69) is 0 Å². The third kappa shape index (κ3) is 4.77. The van der Waals surface area contributed by atoms with Gasteiger partial charge >= 0.3 is 18.0 Å². The van der Waals surface area contributed by atoms with Gasteiger partial charge in [0, 0.05) is 44.8 Å². The highest BCUT2D eigenvalue weighted by molar-refractivity contribution is 7.92. The second-order valence-corrected chi connectivity index (χ2v) is 15.5. The molecule has 7 nitrogen and oxygen atoms in total. The second kappa shape index (κ2) is 10.0. The second-order valence-electron chi connectivity index (χ2n) is 10.8. The van der Waals surface area contributed by atoms with Crippen LogP contribution < -0.4 is 4.74 Å². The molecule has 0 aromatic heterocycles. The van der Waals surface area contributed by atoms with Crippen molar-refractivity contribution in [3.63, 3.8) is 0 Å². The third-order valence-corrected chi connectivity index (χ3v) is 12.8. The molecule has 0 spiro atoms. The van der Waals surface area contributed by atoms with Gasteiger partial charge in [0.1, 0.15) is 22.9 Å². The van der Waals surface area contributed by atoms with E-state index < -0.39 is 88.8 Å². The van der Waals surface area contributed by atoms with Crippen LogP contribution >= 0.6 is 0 Å². The first-order valence-electron chi connectivity index (χ1n) is 12.9. The zero-order chi connectivity index (χ0) is 31.8. The molecule has 2 saturated heterocycles. The molecule has 1 amide bonds. The van der Waals surface area contributed by atoms with Crippen molar-refractivity contribution in [3.05, 3.63) is 59.4 Å². The number of sulfone groups is 1. The summed E-state index contributed by atoms with van der Waals surface area (Å²) in [7, 11) is -7.53. The van der Waals surface area contributed by atoms with Gasteiger partial charge in [-0.1, -0.05) is 12.1 Å². The molecule has 17 heteroatoms. The number of hydrogen-bond acceptors (Lipinski definition) is 6. The van der Waals surface area contributed by atoms with E-state index in [1.54, 1.807) is 0 Å². The largest absolute Gasteiger partial charge is 0.491 e. The zero-order valence-corrected chi connectivity index (χ0v) is 23.6. The molecule has 3 heterocycles. The molecule has 0 aliphatic carbocycles. The molecule has 2 aromatic carbocycles. The van der Waals surface area contributed by atoms with Crippen LogP contribution in [0.15, 0.2) is 47.4 Å². The van der Waals surface area contributed by atoms with Gasteiger partial charge in [-0.05, 0) is 49.6 Å². The van der Waals surface area contributed by atoms with Gasteiger partial charge in [0.25, 0.3) is 0 Å². The van der Waals surface area contributed by atoms with Crippen LogP contribution in [-0.2, 0) is 34.8 Å². The molecule has 1 N–H and O–H groups in total. The number of amides is 1. The lowest BCUT2D eigenvalue weighted by molar-refractivity contribution is -0.348. The minimum absolute atomic E-state index is 0.0492. The van der Waals surface area contributed by atoms with Crippen molar-refractivity contribution in [3.8, 4) is 5.75 Å². The smallest absolute Gasteiger partial charge is 0.435 e. The van der Waals surface area contributed by atoms with E-state index in [4.69, 9.17) is 9.52 Å². The number of likely N-dealkylation sites (tertiary alicyclic amines) is 1. The number of halogens is 8. The average Bonchev–Trinajstić information content (AvgIpc) is 3.32. The lowest BCUT2D eigenvalue weighted by Crippen LogP contribution is -2.56. The predicted molar refractivity (Wildman–Crippen MR) is 136 cm³/mol. The maximum atomic E-state index is 14.9. The topological polar surface area (TPSA) is 105 Å². The summed E-state index contributed by atoms with van der Waals surface area (Å²) in [4.78, 5) is 14.4. The zero-order valence-electron chi connectivity index (χ0n) is 22.0. The summed E-state index contributed by atoms with van der Waals surface area (Å²) < 4.78 is 161. The normalized spacial score (nSPS) is 28.1. The number of alkyl halides is 7. The van der Waals surface area contributed by atoms with Crippen molar-refractivity contribution in [2.45, 2.75) is 53.0 Å². The Balaban J connectivity index is 1.65. The number of carbonyl (C=O) groups excluding carboxylic acids is 1. The van der Waals surface area contributed by atoms with Crippen LogP contribution in [0.25, 0.3) is 0 Å². The number of rotatable bonds is 4. The SMILES string of the molecule is N=S1(=O)CCC(C(=O)N2CCC3(S(=O)(=O)c4ccc(F)cc4)c4ccc(C(F)(C(F)(F)F)C(F)(F)F)cc4OCC23)CC1. The number of nitrogens with zero attached hydrogens (tertiary/aromatic N) is 1. The minimum Gasteiger partial charge on any atom is -0.491 e. The van der Waals surface area contributed by atoms with Gasteiger partial charge in [0.2, 0.25) is 5.91 Å². The predicted octanol–water partition coefficient (Wildman–Crippen LogP) is 5.23. The summed E-state index contributed by atoms with van der Waals surface area (Å²) in [6.07, 6.45) is -13.0. The maximum Gasteiger partial charge on any atom is 0.435 e. The first-order valence-corrected chi connectivity index (χ1v) is 16.3. The summed E-state index contributed by atoms with van der Waals surface area (Å²) in [6.45, 7) is -0.888. The van der Waals surface area contributed by atoms with Gasteiger partial charge in [-0.2, -0.15) is 26.3 Å². The Morgan fingerprint density at radius 1 is 0.977 bits per heavy atom. The van der Waals surface area contributed by atoms with Crippen LogP contribution in [0.2, 0.25) is 0 Å². The van der Waals surface area contributed by atoms with Crippen LogP contribution in [0, 0.1) is 16.5 Å². The van der Waals surface area contributed by atoms with Gasteiger partial charge in [-0.25, -0.2) is 21.4 Å². The number of hydrogen-bond donors (Lipinski definition) is 1. The molecule has 3 aliphatic rings. The molecule has 236 valence electrons. The Bertz CT molecular complexity index is 1630. The summed E-state index contributed by atoms with van der Waals surface area (Å²) in [6, 6.07) is 3.26. The monoisotopic (exact) mass is 660 g/mol. The molecular weight excluding hydrogens is 636 g/mol. The Hall–Kier alpha value is -2.95. The molecule has 2 unspecified atom stereocenters. The minimum atomic E-state index is -6.42. The molecule has 0 radical (unpaired) electrons. The number of carbonyl (C=O) groups is 1. The van der Waals surface area contributed by atoms with Gasteiger partial charge in [-0.15, -0.1) is 0 Å². The van der Waals surface area contributed by atoms with Crippen molar-refractivity contribution in [2.24, 2.45) is 5.92 Å². The lowest BCUT2D eigenvalue weighted by atomic mass is 9.85. The fourth-order valence-electron chi connectivity index (χ4n) is 6.20. The quantitative estimate of drug-likeness (QED) is 0.357. The molecule has 2 aromatic rings. The highest BCUT2D eigenvalue weighted by Crippen LogP contribution is 2.57. The summed E-state index contributed by atoms with van der Waals surface area (Å²) >= 11 is 0. The van der Waals surface area contributed by atoms with E-state index in [0.29, 0.717) is 6.07 Å². The number of benzene rings is 2. The van der Waals surface area contributed by atoms with Gasteiger partial charge < -0.3 is 9.64 Å². The van der Waals surface area contributed by atoms with E-state index in [0.717, 1.165) is 24.3 Å². The highest BCUT2D eigenvalue weighted by atomic mass is 32.2. The summed E-state index contributed by atoms with van der Waals surface area (Å²) in [5, 5.41) is 0. The van der Waals surface area contributed by atoms with Gasteiger partial charge in [0.05, 0.1) is 10.9 Å². The van der Waals surface area contributed by atoms with Crippen molar-refractivity contribution in [1.29, 1.82) is 4.78 Å². The molecule has 3 aliphatic heterocycles. The van der Waals surface area contributed by atoms with Crippen molar-refractivity contribution >= 4 is 25.5 Å². The first-order chi connectivity index (χ1) is 19.8. The van der Waals surface area contributed by atoms with Crippen molar-refractivity contribution < 1.29 is 57.3 Å². The van der Waals surface area contributed by atoms with Crippen LogP contribution in [-0.4, -0.2) is 66.5 Å². The van der Waals surface area contributed by atoms with Crippen molar-refractivity contribution in [1.82, 2.24) is 4.90 Å². The van der Waals surface area contributed by atoms with Crippen LogP contribution in [0.5, 0.6) is 5.75 Å². The highest BCUT2D eigenvalue weighted by Gasteiger charge is 2.74. The Morgan fingerprint density at radius 2 is 1.56 bits per heavy atom.